The summed E-state index contributed by atoms with van der Waals surface area (Å²) in [7, 11) is -3.61. The van der Waals surface area contributed by atoms with Gasteiger partial charge in [0.2, 0.25) is 0 Å². The van der Waals surface area contributed by atoms with Crippen molar-refractivity contribution in [1.29, 1.82) is 0 Å². The molecule has 0 unspecified atom stereocenters. The fraction of sp³-hybridized carbons (Fsp3) is 0.0714. The molecule has 2 rings (SSSR count). The Labute approximate surface area is 123 Å². The molecular weight excluding hydrogens is 292 g/mol. The van der Waals surface area contributed by atoms with E-state index >= 15 is 0 Å². The number of aryl methyl sites for hydroxylation is 1. The summed E-state index contributed by atoms with van der Waals surface area (Å²) < 4.78 is 27.0. The SMILES string of the molecule is Cc1cccc(S(=O)(=O)Nc2cccc(C(N)=S)c2)c1. The van der Waals surface area contributed by atoms with E-state index < -0.39 is 10.0 Å². The van der Waals surface area contributed by atoms with Crippen LogP contribution in [0.2, 0.25) is 0 Å². The van der Waals surface area contributed by atoms with Gasteiger partial charge in [-0.3, -0.25) is 4.72 Å². The number of hydrogen-bond donors (Lipinski definition) is 2. The van der Waals surface area contributed by atoms with Crippen molar-refractivity contribution in [2.45, 2.75) is 11.8 Å². The third kappa shape index (κ3) is 3.34. The molecule has 6 heteroatoms. The maximum Gasteiger partial charge on any atom is 0.261 e. The summed E-state index contributed by atoms with van der Waals surface area (Å²) in [6.07, 6.45) is 0. The van der Waals surface area contributed by atoms with E-state index in [1.54, 1.807) is 42.5 Å². The molecule has 0 bridgehead atoms. The van der Waals surface area contributed by atoms with Crippen molar-refractivity contribution >= 4 is 32.9 Å². The van der Waals surface area contributed by atoms with Crippen LogP contribution in [0.4, 0.5) is 5.69 Å². The molecule has 20 heavy (non-hydrogen) atoms. The fourth-order valence-electron chi connectivity index (χ4n) is 1.73. The standard InChI is InChI=1S/C14H14N2O2S2/c1-10-4-2-7-13(8-10)20(17,18)16-12-6-3-5-11(9-12)14(15)19/h2-9,16H,1H3,(H2,15,19). The molecule has 3 N–H and O–H groups in total. The lowest BCUT2D eigenvalue weighted by Gasteiger charge is -2.09. The number of nitrogens with one attached hydrogen (secondary N) is 1. The molecule has 104 valence electrons. The molecular formula is C14H14N2O2S2. The highest BCUT2D eigenvalue weighted by atomic mass is 32.2. The highest BCUT2D eigenvalue weighted by Gasteiger charge is 2.14. The molecule has 0 aliphatic heterocycles. The van der Waals surface area contributed by atoms with Crippen LogP contribution in [-0.2, 0) is 10.0 Å². The van der Waals surface area contributed by atoms with Gasteiger partial charge >= 0.3 is 0 Å². The Morgan fingerprint density at radius 3 is 2.50 bits per heavy atom. The molecule has 0 spiro atoms. The second-order valence-corrected chi connectivity index (χ2v) is 6.49. The molecule has 0 saturated carbocycles. The zero-order valence-electron chi connectivity index (χ0n) is 10.8. The van der Waals surface area contributed by atoms with Crippen LogP contribution >= 0.6 is 12.2 Å². The minimum atomic E-state index is -3.61. The van der Waals surface area contributed by atoms with Crippen molar-refractivity contribution in [3.05, 3.63) is 59.7 Å². The van der Waals surface area contributed by atoms with Gasteiger partial charge in [0.15, 0.2) is 0 Å². The van der Waals surface area contributed by atoms with Gasteiger partial charge in [0, 0.05) is 11.3 Å². The molecule has 0 aliphatic rings. The third-order valence-corrected chi connectivity index (χ3v) is 4.31. The van der Waals surface area contributed by atoms with Gasteiger partial charge in [-0.2, -0.15) is 0 Å². The maximum atomic E-state index is 12.3. The minimum absolute atomic E-state index is 0.221. The molecule has 0 radical (unpaired) electrons. The van der Waals surface area contributed by atoms with Crippen molar-refractivity contribution < 1.29 is 8.42 Å². The molecule has 0 saturated heterocycles. The molecule has 0 heterocycles. The second kappa shape index (κ2) is 5.60. The van der Waals surface area contributed by atoms with Crippen LogP contribution in [-0.4, -0.2) is 13.4 Å². The van der Waals surface area contributed by atoms with Crippen molar-refractivity contribution in [3.8, 4) is 0 Å². The van der Waals surface area contributed by atoms with Crippen LogP contribution in [0.5, 0.6) is 0 Å². The lowest BCUT2D eigenvalue weighted by atomic mass is 10.2. The summed E-state index contributed by atoms with van der Waals surface area (Å²) >= 11 is 4.87. The van der Waals surface area contributed by atoms with Gasteiger partial charge in [0.1, 0.15) is 4.99 Å². The van der Waals surface area contributed by atoms with E-state index in [0.29, 0.717) is 11.3 Å². The number of nitrogens with two attached hydrogens (primary N) is 1. The van der Waals surface area contributed by atoms with Gasteiger partial charge < -0.3 is 5.73 Å². The van der Waals surface area contributed by atoms with Crippen LogP contribution in [0.25, 0.3) is 0 Å². The Hall–Kier alpha value is -1.92. The number of sulfonamides is 1. The topological polar surface area (TPSA) is 72.2 Å². The van der Waals surface area contributed by atoms with Gasteiger partial charge in [0.25, 0.3) is 10.0 Å². The van der Waals surface area contributed by atoms with Gasteiger partial charge in [-0.1, -0.05) is 36.5 Å². The van der Waals surface area contributed by atoms with Crippen LogP contribution in [0.1, 0.15) is 11.1 Å². The van der Waals surface area contributed by atoms with Crippen LogP contribution in [0, 0.1) is 6.92 Å². The highest BCUT2D eigenvalue weighted by molar-refractivity contribution is 7.92. The number of anilines is 1. The Morgan fingerprint density at radius 2 is 1.85 bits per heavy atom. The summed E-state index contributed by atoms with van der Waals surface area (Å²) in [5.74, 6) is 0. The second-order valence-electron chi connectivity index (χ2n) is 4.37. The zero-order valence-corrected chi connectivity index (χ0v) is 12.5. The number of benzene rings is 2. The molecule has 0 atom stereocenters. The maximum absolute atomic E-state index is 12.3. The predicted octanol–water partition coefficient (Wildman–Crippen LogP) is 2.43. The molecule has 2 aromatic carbocycles. The first kappa shape index (κ1) is 14.5. The number of rotatable bonds is 4. The Morgan fingerprint density at radius 1 is 1.15 bits per heavy atom. The van der Waals surface area contributed by atoms with E-state index in [9.17, 15) is 8.42 Å². The predicted molar refractivity (Wildman–Crippen MR) is 84.3 cm³/mol. The van der Waals surface area contributed by atoms with Crippen LogP contribution in [0.15, 0.2) is 53.4 Å². The van der Waals surface area contributed by atoms with E-state index in [0.717, 1.165) is 5.56 Å². The van der Waals surface area contributed by atoms with Crippen molar-refractivity contribution in [2.24, 2.45) is 5.73 Å². The van der Waals surface area contributed by atoms with Crippen LogP contribution < -0.4 is 10.5 Å². The first-order valence-electron chi connectivity index (χ1n) is 5.88. The monoisotopic (exact) mass is 306 g/mol. The van der Waals surface area contributed by atoms with Crippen molar-refractivity contribution in [2.75, 3.05) is 4.72 Å². The van der Waals surface area contributed by atoms with Gasteiger partial charge in [-0.25, -0.2) is 8.42 Å². The first-order chi connectivity index (χ1) is 9.38. The lowest BCUT2D eigenvalue weighted by molar-refractivity contribution is 0.601. The Bertz CT molecular complexity index is 755. The zero-order chi connectivity index (χ0) is 14.8. The van der Waals surface area contributed by atoms with Crippen LogP contribution in [0.3, 0.4) is 0 Å². The van der Waals surface area contributed by atoms with Crippen molar-refractivity contribution in [1.82, 2.24) is 0 Å². The summed E-state index contributed by atoms with van der Waals surface area (Å²) in [4.78, 5) is 0.444. The third-order valence-electron chi connectivity index (χ3n) is 2.70. The molecule has 0 aliphatic carbocycles. The van der Waals surface area contributed by atoms with E-state index in [2.05, 4.69) is 4.72 Å². The average Bonchev–Trinajstić information content (AvgIpc) is 2.38. The normalized spacial score (nSPS) is 11.1. The smallest absolute Gasteiger partial charge is 0.261 e. The number of hydrogen-bond acceptors (Lipinski definition) is 3. The minimum Gasteiger partial charge on any atom is -0.389 e. The molecule has 0 amide bonds. The van der Waals surface area contributed by atoms with E-state index in [-0.39, 0.29) is 9.88 Å². The average molecular weight is 306 g/mol. The molecule has 0 fully saturated rings. The Balaban J connectivity index is 2.33. The van der Waals surface area contributed by atoms with Gasteiger partial charge in [-0.15, -0.1) is 0 Å². The number of thiocarbonyl (C=S) groups is 1. The molecule has 0 aromatic heterocycles. The largest absolute Gasteiger partial charge is 0.389 e. The van der Waals surface area contributed by atoms with E-state index in [1.807, 2.05) is 13.0 Å². The van der Waals surface area contributed by atoms with Gasteiger partial charge in [0.05, 0.1) is 4.90 Å². The quantitative estimate of drug-likeness (QED) is 0.851. The highest BCUT2D eigenvalue weighted by Crippen LogP contribution is 2.18. The molecule has 2 aromatic rings. The summed E-state index contributed by atoms with van der Waals surface area (Å²) in [5.41, 5.74) is 7.45. The first-order valence-corrected chi connectivity index (χ1v) is 7.77. The van der Waals surface area contributed by atoms with Gasteiger partial charge in [-0.05, 0) is 36.8 Å². The van der Waals surface area contributed by atoms with E-state index in [4.69, 9.17) is 18.0 Å². The fourth-order valence-corrected chi connectivity index (χ4v) is 3.01. The Kier molecular flexibility index (Phi) is 4.06. The lowest BCUT2D eigenvalue weighted by Crippen LogP contribution is -2.14. The molecule has 4 nitrogen and oxygen atoms in total. The summed E-state index contributed by atoms with van der Waals surface area (Å²) in [6.45, 7) is 1.84. The summed E-state index contributed by atoms with van der Waals surface area (Å²) in [5, 5.41) is 0. The van der Waals surface area contributed by atoms with E-state index in [1.165, 1.54) is 0 Å². The summed E-state index contributed by atoms with van der Waals surface area (Å²) in [6, 6.07) is 13.4. The van der Waals surface area contributed by atoms with Crippen molar-refractivity contribution in [3.63, 3.8) is 0 Å².